The summed E-state index contributed by atoms with van der Waals surface area (Å²) in [6, 6.07) is 7.42. The van der Waals surface area contributed by atoms with Gasteiger partial charge in [-0.3, -0.25) is 9.59 Å². The minimum absolute atomic E-state index is 0.0135. The van der Waals surface area contributed by atoms with E-state index in [-0.39, 0.29) is 35.0 Å². The Balaban J connectivity index is 2.33. The maximum absolute atomic E-state index is 13.1. The standard InChI is InChI=1S/C19H20F3N3O5S/c1-12(26)24-16-7-6-14(19(20,21)22)11-17(16)25-18(27)13-4-3-5-15(10-13)31(28,29)23-8-9-30-2/h3-7,10-11,23H,8-9H2,1-2H3,(H,24,26)(H,25,27). The second kappa shape index (κ2) is 9.90. The van der Waals surface area contributed by atoms with Gasteiger partial charge in [-0.25, -0.2) is 13.1 Å². The molecule has 0 saturated heterocycles. The quantitative estimate of drug-likeness (QED) is 0.526. The number of carbonyl (C=O) groups excluding carboxylic acids is 2. The number of hydrogen-bond acceptors (Lipinski definition) is 5. The molecule has 8 nitrogen and oxygen atoms in total. The maximum Gasteiger partial charge on any atom is 0.416 e. The van der Waals surface area contributed by atoms with Crippen LogP contribution < -0.4 is 15.4 Å². The van der Waals surface area contributed by atoms with Crippen molar-refractivity contribution in [3.05, 3.63) is 53.6 Å². The fourth-order valence-electron chi connectivity index (χ4n) is 2.48. The smallest absolute Gasteiger partial charge is 0.383 e. The van der Waals surface area contributed by atoms with Crippen LogP contribution in [0, 0.1) is 0 Å². The second-order valence-electron chi connectivity index (χ2n) is 6.31. The molecule has 168 valence electrons. The van der Waals surface area contributed by atoms with Crippen LogP contribution in [0.5, 0.6) is 0 Å². The van der Waals surface area contributed by atoms with Gasteiger partial charge in [-0.2, -0.15) is 13.2 Å². The van der Waals surface area contributed by atoms with Crippen LogP contribution in [0.3, 0.4) is 0 Å². The summed E-state index contributed by atoms with van der Waals surface area (Å²) in [7, 11) is -2.52. The van der Waals surface area contributed by atoms with Crippen molar-refractivity contribution in [3.63, 3.8) is 0 Å². The zero-order valence-electron chi connectivity index (χ0n) is 16.5. The monoisotopic (exact) mass is 459 g/mol. The zero-order chi connectivity index (χ0) is 23.2. The summed E-state index contributed by atoms with van der Waals surface area (Å²) in [4.78, 5) is 23.7. The van der Waals surface area contributed by atoms with Gasteiger partial charge in [0.05, 0.1) is 28.4 Å². The molecule has 2 aromatic carbocycles. The lowest BCUT2D eigenvalue weighted by Gasteiger charge is -2.15. The molecule has 0 aliphatic rings. The van der Waals surface area contributed by atoms with E-state index >= 15 is 0 Å². The molecule has 0 unspecified atom stereocenters. The highest BCUT2D eigenvalue weighted by Gasteiger charge is 2.31. The van der Waals surface area contributed by atoms with E-state index in [1.807, 2.05) is 0 Å². The fourth-order valence-corrected chi connectivity index (χ4v) is 3.54. The molecule has 0 aliphatic carbocycles. The molecular formula is C19H20F3N3O5S. The Morgan fingerprint density at radius 3 is 2.35 bits per heavy atom. The van der Waals surface area contributed by atoms with Gasteiger partial charge >= 0.3 is 6.18 Å². The van der Waals surface area contributed by atoms with E-state index in [4.69, 9.17) is 4.74 Å². The fraction of sp³-hybridized carbons (Fsp3) is 0.263. The number of benzene rings is 2. The lowest BCUT2D eigenvalue weighted by atomic mass is 10.1. The van der Waals surface area contributed by atoms with Crippen molar-refractivity contribution in [3.8, 4) is 0 Å². The summed E-state index contributed by atoms with van der Waals surface area (Å²) >= 11 is 0. The maximum atomic E-state index is 13.1. The van der Waals surface area contributed by atoms with Gasteiger partial charge in [-0.15, -0.1) is 0 Å². The van der Waals surface area contributed by atoms with Gasteiger partial charge in [-0.1, -0.05) is 6.07 Å². The van der Waals surface area contributed by atoms with Crippen LogP contribution in [-0.2, 0) is 25.7 Å². The molecule has 3 N–H and O–H groups in total. The number of halogens is 3. The first-order valence-corrected chi connectivity index (χ1v) is 10.3. The Hall–Kier alpha value is -2.96. The lowest BCUT2D eigenvalue weighted by Crippen LogP contribution is -2.27. The first-order chi connectivity index (χ1) is 14.4. The Bertz CT molecular complexity index is 1070. The molecule has 0 bridgehead atoms. The number of ether oxygens (including phenoxy) is 1. The molecular weight excluding hydrogens is 439 g/mol. The molecule has 2 aromatic rings. The molecule has 0 saturated carbocycles. The van der Waals surface area contributed by atoms with E-state index in [0.717, 1.165) is 25.1 Å². The Morgan fingerprint density at radius 1 is 1.03 bits per heavy atom. The van der Waals surface area contributed by atoms with Crippen LogP contribution in [0.15, 0.2) is 47.4 Å². The van der Waals surface area contributed by atoms with Gasteiger partial charge in [-0.05, 0) is 36.4 Å². The van der Waals surface area contributed by atoms with Crippen LogP contribution in [0.2, 0.25) is 0 Å². The molecule has 0 aromatic heterocycles. The third kappa shape index (κ3) is 6.77. The van der Waals surface area contributed by atoms with E-state index in [1.54, 1.807) is 0 Å². The Morgan fingerprint density at radius 2 is 1.74 bits per heavy atom. The van der Waals surface area contributed by atoms with E-state index < -0.39 is 33.6 Å². The molecule has 0 fully saturated rings. The second-order valence-corrected chi connectivity index (χ2v) is 8.08. The van der Waals surface area contributed by atoms with E-state index in [0.29, 0.717) is 6.07 Å². The highest BCUT2D eigenvalue weighted by atomic mass is 32.2. The number of anilines is 2. The number of sulfonamides is 1. The summed E-state index contributed by atoms with van der Waals surface area (Å²) in [5.74, 6) is -1.41. The first kappa shape index (κ1) is 24.3. The van der Waals surface area contributed by atoms with E-state index in [2.05, 4.69) is 15.4 Å². The number of carbonyl (C=O) groups is 2. The number of amides is 2. The van der Waals surface area contributed by atoms with Gasteiger partial charge < -0.3 is 15.4 Å². The molecule has 0 spiro atoms. The van der Waals surface area contributed by atoms with Gasteiger partial charge in [0.1, 0.15) is 0 Å². The van der Waals surface area contributed by atoms with Crippen LogP contribution in [0.4, 0.5) is 24.5 Å². The van der Waals surface area contributed by atoms with Crippen molar-refractivity contribution in [1.29, 1.82) is 0 Å². The van der Waals surface area contributed by atoms with Crippen LogP contribution in [-0.4, -0.2) is 40.5 Å². The number of hydrogen-bond donors (Lipinski definition) is 3. The van der Waals surface area contributed by atoms with Crippen molar-refractivity contribution in [2.45, 2.75) is 18.0 Å². The van der Waals surface area contributed by atoms with Crippen molar-refractivity contribution in [1.82, 2.24) is 4.72 Å². The average Bonchev–Trinajstić information content (AvgIpc) is 2.68. The first-order valence-electron chi connectivity index (χ1n) is 8.83. The zero-order valence-corrected chi connectivity index (χ0v) is 17.4. The minimum atomic E-state index is -4.67. The predicted molar refractivity (Wildman–Crippen MR) is 107 cm³/mol. The molecule has 2 rings (SSSR count). The highest BCUT2D eigenvalue weighted by Crippen LogP contribution is 2.34. The van der Waals surface area contributed by atoms with Gasteiger partial charge in [0.25, 0.3) is 5.91 Å². The van der Waals surface area contributed by atoms with E-state index in [1.165, 1.54) is 25.3 Å². The summed E-state index contributed by atoms with van der Waals surface area (Å²) in [6.07, 6.45) is -4.67. The number of alkyl halides is 3. The van der Waals surface area contributed by atoms with Crippen molar-refractivity contribution in [2.75, 3.05) is 30.9 Å². The molecule has 12 heteroatoms. The van der Waals surface area contributed by atoms with Crippen LogP contribution in [0.1, 0.15) is 22.8 Å². The van der Waals surface area contributed by atoms with Crippen molar-refractivity contribution >= 4 is 33.2 Å². The molecule has 2 amide bonds. The van der Waals surface area contributed by atoms with Crippen LogP contribution >= 0.6 is 0 Å². The Kier molecular flexibility index (Phi) is 7.76. The third-order valence-electron chi connectivity index (χ3n) is 3.91. The normalized spacial score (nSPS) is 11.8. The predicted octanol–water partition coefficient (Wildman–Crippen LogP) is 2.84. The molecule has 0 aliphatic heterocycles. The lowest BCUT2D eigenvalue weighted by molar-refractivity contribution is -0.137. The minimum Gasteiger partial charge on any atom is -0.383 e. The number of nitrogens with one attached hydrogen (secondary N) is 3. The largest absolute Gasteiger partial charge is 0.416 e. The van der Waals surface area contributed by atoms with Crippen LogP contribution in [0.25, 0.3) is 0 Å². The summed E-state index contributed by atoms with van der Waals surface area (Å²) in [6.45, 7) is 1.31. The van der Waals surface area contributed by atoms with Gasteiger partial charge in [0.2, 0.25) is 15.9 Å². The number of rotatable bonds is 8. The van der Waals surface area contributed by atoms with E-state index in [9.17, 15) is 31.2 Å². The van der Waals surface area contributed by atoms with Crippen molar-refractivity contribution < 1.29 is 35.9 Å². The highest BCUT2D eigenvalue weighted by molar-refractivity contribution is 7.89. The summed E-state index contributed by atoms with van der Waals surface area (Å²) in [5, 5.41) is 4.62. The Labute approximate surface area is 176 Å². The van der Waals surface area contributed by atoms with Crippen molar-refractivity contribution in [2.24, 2.45) is 0 Å². The molecule has 0 heterocycles. The molecule has 0 radical (unpaired) electrons. The number of methoxy groups -OCH3 is 1. The van der Waals surface area contributed by atoms with Gasteiger partial charge in [0, 0.05) is 26.1 Å². The average molecular weight is 459 g/mol. The summed E-state index contributed by atoms with van der Waals surface area (Å²) < 4.78 is 70.8. The SMILES string of the molecule is COCCNS(=O)(=O)c1cccc(C(=O)Nc2cc(C(F)(F)F)ccc2NC(C)=O)c1. The molecule has 31 heavy (non-hydrogen) atoms. The topological polar surface area (TPSA) is 114 Å². The third-order valence-corrected chi connectivity index (χ3v) is 5.37. The summed E-state index contributed by atoms with van der Waals surface area (Å²) in [5.41, 5.74) is -1.48. The van der Waals surface area contributed by atoms with Gasteiger partial charge in [0.15, 0.2) is 0 Å². The molecule has 0 atom stereocenters.